The third-order valence-electron chi connectivity index (χ3n) is 1.77. The van der Waals surface area contributed by atoms with Crippen LogP contribution < -0.4 is 0 Å². The highest BCUT2D eigenvalue weighted by atomic mass is 79.9. The lowest BCUT2D eigenvalue weighted by Gasteiger charge is -2.05. The van der Waals surface area contributed by atoms with Crippen molar-refractivity contribution in [3.63, 3.8) is 0 Å². The fourth-order valence-electron chi connectivity index (χ4n) is 1.11. The molecule has 1 nitrogen and oxygen atoms in total. The van der Waals surface area contributed by atoms with Crippen molar-refractivity contribution in [3.8, 4) is 0 Å². The van der Waals surface area contributed by atoms with Crippen LogP contribution in [0.3, 0.4) is 0 Å². The third-order valence-corrected chi connectivity index (χ3v) is 2.51. The average Bonchev–Trinajstić information content (AvgIpc) is 2.07. The second-order valence-electron chi connectivity index (χ2n) is 3.03. The van der Waals surface area contributed by atoms with Crippen molar-refractivity contribution in [2.45, 2.75) is 19.8 Å². The molecule has 4 heteroatoms. The summed E-state index contributed by atoms with van der Waals surface area (Å²) in [5.74, 6) is 0.00972. The summed E-state index contributed by atoms with van der Waals surface area (Å²) in [6.45, 7) is 1.47. The van der Waals surface area contributed by atoms with Crippen molar-refractivity contribution in [3.05, 3.63) is 33.8 Å². The molecular formula is C10H9BrF2O. The molecule has 0 aliphatic carbocycles. The molecule has 0 atom stereocenters. The minimum atomic E-state index is -2.47. The van der Waals surface area contributed by atoms with E-state index in [1.807, 2.05) is 0 Å². The number of hydrogen-bond acceptors (Lipinski definition) is 1. The standard InChI is InChI=1S/C10H9BrF2O/c1-6(14)4-7-2-3-8(10(12)13)5-9(7)11/h2-3,5,10H,4H2,1H3. The first-order valence-corrected chi connectivity index (χ1v) is 4.86. The zero-order valence-corrected chi connectivity index (χ0v) is 9.14. The minimum absolute atomic E-state index is 0.00972. The van der Waals surface area contributed by atoms with Crippen molar-refractivity contribution in [2.24, 2.45) is 0 Å². The average molecular weight is 263 g/mol. The predicted octanol–water partition coefficient (Wildman–Crippen LogP) is 3.52. The van der Waals surface area contributed by atoms with Gasteiger partial charge in [-0.2, -0.15) is 0 Å². The van der Waals surface area contributed by atoms with E-state index in [0.717, 1.165) is 5.56 Å². The Morgan fingerprint density at radius 3 is 2.57 bits per heavy atom. The van der Waals surface area contributed by atoms with Crippen molar-refractivity contribution >= 4 is 21.7 Å². The number of ketones is 1. The Kier molecular flexibility index (Phi) is 3.75. The van der Waals surface area contributed by atoms with Crippen LogP contribution in [-0.2, 0) is 11.2 Å². The van der Waals surface area contributed by atoms with E-state index in [2.05, 4.69) is 15.9 Å². The molecule has 0 amide bonds. The van der Waals surface area contributed by atoms with E-state index < -0.39 is 6.43 Å². The molecule has 0 N–H and O–H groups in total. The summed E-state index contributed by atoms with van der Waals surface area (Å²) < 4.78 is 25.1. The fourth-order valence-corrected chi connectivity index (χ4v) is 1.65. The van der Waals surface area contributed by atoms with Gasteiger partial charge in [0.1, 0.15) is 5.78 Å². The topological polar surface area (TPSA) is 17.1 Å². The van der Waals surface area contributed by atoms with E-state index in [0.29, 0.717) is 4.47 Å². The molecule has 0 bridgehead atoms. The molecule has 0 saturated carbocycles. The van der Waals surface area contributed by atoms with E-state index in [4.69, 9.17) is 0 Å². The second kappa shape index (κ2) is 4.64. The van der Waals surface area contributed by atoms with Crippen LogP contribution in [0.25, 0.3) is 0 Å². The summed E-state index contributed by atoms with van der Waals surface area (Å²) in [4.78, 5) is 10.8. The zero-order chi connectivity index (χ0) is 10.7. The minimum Gasteiger partial charge on any atom is -0.300 e. The normalized spacial score (nSPS) is 10.6. The number of Topliss-reactive ketones (excluding diaryl/α,β-unsaturated/α-hetero) is 1. The molecule has 0 aliphatic rings. The Hall–Kier alpha value is -0.770. The van der Waals surface area contributed by atoms with E-state index in [1.54, 1.807) is 6.07 Å². The highest BCUT2D eigenvalue weighted by Gasteiger charge is 2.10. The maximum absolute atomic E-state index is 12.3. The Balaban J connectivity index is 2.95. The second-order valence-corrected chi connectivity index (χ2v) is 3.88. The Labute approximate surface area is 89.3 Å². The zero-order valence-electron chi connectivity index (χ0n) is 7.56. The molecule has 1 aromatic rings. The van der Waals surface area contributed by atoms with Crippen molar-refractivity contribution in [1.29, 1.82) is 0 Å². The van der Waals surface area contributed by atoms with Gasteiger partial charge in [0.25, 0.3) is 6.43 Å². The quantitative estimate of drug-likeness (QED) is 0.815. The SMILES string of the molecule is CC(=O)Cc1ccc(C(F)F)cc1Br. The number of carbonyl (C=O) groups is 1. The summed E-state index contributed by atoms with van der Waals surface area (Å²) in [6, 6.07) is 4.24. The van der Waals surface area contributed by atoms with Gasteiger partial charge in [0.2, 0.25) is 0 Å². The van der Waals surface area contributed by atoms with Gasteiger partial charge in [-0.3, -0.25) is 4.79 Å². The number of hydrogen-bond donors (Lipinski definition) is 0. The van der Waals surface area contributed by atoms with Crippen LogP contribution in [0.2, 0.25) is 0 Å². The first-order chi connectivity index (χ1) is 6.50. The lowest BCUT2D eigenvalue weighted by molar-refractivity contribution is -0.116. The predicted molar refractivity (Wildman–Crippen MR) is 53.5 cm³/mol. The first-order valence-electron chi connectivity index (χ1n) is 4.06. The number of rotatable bonds is 3. The highest BCUT2D eigenvalue weighted by molar-refractivity contribution is 9.10. The van der Waals surface area contributed by atoms with Gasteiger partial charge < -0.3 is 0 Å². The molecule has 0 spiro atoms. The van der Waals surface area contributed by atoms with Gasteiger partial charge in [-0.25, -0.2) is 8.78 Å². The van der Waals surface area contributed by atoms with Gasteiger partial charge in [0.15, 0.2) is 0 Å². The van der Waals surface area contributed by atoms with E-state index in [1.165, 1.54) is 19.1 Å². The summed E-state index contributed by atoms with van der Waals surface area (Å²) in [6.07, 6.45) is -2.21. The van der Waals surface area contributed by atoms with Crippen LogP contribution in [0.4, 0.5) is 8.78 Å². The molecule has 0 saturated heterocycles. The molecule has 14 heavy (non-hydrogen) atoms. The molecule has 1 aromatic carbocycles. The van der Waals surface area contributed by atoms with Gasteiger partial charge in [-0.15, -0.1) is 0 Å². The third kappa shape index (κ3) is 2.87. The number of benzene rings is 1. The van der Waals surface area contributed by atoms with E-state index >= 15 is 0 Å². The van der Waals surface area contributed by atoms with Crippen LogP contribution in [-0.4, -0.2) is 5.78 Å². The molecule has 0 aliphatic heterocycles. The van der Waals surface area contributed by atoms with E-state index in [9.17, 15) is 13.6 Å². The maximum atomic E-state index is 12.3. The number of carbonyl (C=O) groups excluding carboxylic acids is 1. The smallest absolute Gasteiger partial charge is 0.263 e. The highest BCUT2D eigenvalue weighted by Crippen LogP contribution is 2.25. The van der Waals surface area contributed by atoms with Gasteiger partial charge >= 0.3 is 0 Å². The fraction of sp³-hybridized carbons (Fsp3) is 0.300. The summed E-state index contributed by atoms with van der Waals surface area (Å²) in [7, 11) is 0. The van der Waals surface area contributed by atoms with Crippen molar-refractivity contribution in [1.82, 2.24) is 0 Å². The number of halogens is 3. The van der Waals surface area contributed by atoms with Crippen LogP contribution in [0, 0.1) is 0 Å². The summed E-state index contributed by atoms with van der Waals surface area (Å²) >= 11 is 3.16. The Bertz CT molecular complexity index is 350. The van der Waals surface area contributed by atoms with Crippen LogP contribution in [0.5, 0.6) is 0 Å². The molecular weight excluding hydrogens is 254 g/mol. The lowest BCUT2D eigenvalue weighted by Crippen LogP contribution is -1.98. The van der Waals surface area contributed by atoms with E-state index in [-0.39, 0.29) is 17.8 Å². The van der Waals surface area contributed by atoms with Crippen molar-refractivity contribution < 1.29 is 13.6 Å². The maximum Gasteiger partial charge on any atom is 0.263 e. The molecule has 0 unspecified atom stereocenters. The monoisotopic (exact) mass is 262 g/mol. The summed E-state index contributed by atoms with van der Waals surface area (Å²) in [5.41, 5.74) is 0.700. The lowest BCUT2D eigenvalue weighted by atomic mass is 10.1. The van der Waals surface area contributed by atoms with Crippen LogP contribution in [0.15, 0.2) is 22.7 Å². The van der Waals surface area contributed by atoms with Gasteiger partial charge in [0.05, 0.1) is 0 Å². The van der Waals surface area contributed by atoms with Gasteiger partial charge in [-0.05, 0) is 18.6 Å². The van der Waals surface area contributed by atoms with Crippen LogP contribution >= 0.6 is 15.9 Å². The molecule has 0 heterocycles. The Morgan fingerprint density at radius 2 is 2.14 bits per heavy atom. The molecule has 0 radical (unpaired) electrons. The first kappa shape index (κ1) is 11.3. The summed E-state index contributed by atoms with van der Waals surface area (Å²) in [5, 5.41) is 0. The van der Waals surface area contributed by atoms with Crippen molar-refractivity contribution in [2.75, 3.05) is 0 Å². The van der Waals surface area contributed by atoms with Gasteiger partial charge in [0, 0.05) is 16.5 Å². The molecule has 0 fully saturated rings. The van der Waals surface area contributed by atoms with Gasteiger partial charge in [-0.1, -0.05) is 28.1 Å². The molecule has 1 rings (SSSR count). The largest absolute Gasteiger partial charge is 0.300 e. The Morgan fingerprint density at radius 1 is 1.50 bits per heavy atom. The van der Waals surface area contributed by atoms with Crippen LogP contribution in [0.1, 0.15) is 24.5 Å². The molecule has 0 aromatic heterocycles. The molecule has 76 valence electrons. The number of alkyl halides is 2.